The molecule has 1 aromatic heterocycles. The molecule has 2 amide bonds. The summed E-state index contributed by atoms with van der Waals surface area (Å²) in [6, 6.07) is 4.61. The Kier molecular flexibility index (Phi) is 11.0. The van der Waals surface area contributed by atoms with Gasteiger partial charge in [0.1, 0.15) is 22.5 Å². The van der Waals surface area contributed by atoms with E-state index in [0.717, 1.165) is 11.6 Å². The lowest BCUT2D eigenvalue weighted by Crippen LogP contribution is -2.51. The zero-order valence-corrected chi connectivity index (χ0v) is 21.1. The SMILES string of the molecule is Cc1nc(N)ccc1CNC(=O)[C@H](C)N1CC(Cc2ccc(F)c(Cl)c2F)CC1C(N)=O.Cl.Cl. The standard InChI is InChI=1S/C22H26ClF2N5O2.2ClH/c1-11-15(4-6-18(26)29-11)9-28-22(32)12(2)30-10-13(8-17(30)21(27)31)7-14-3-5-16(24)19(23)20(14)25;;/h3-6,12-13,17H,7-10H2,1-2H3,(H2,26,29)(H2,27,31)(H,28,32);2*1H/t12-,13?,17?;;/m0../s1. The molecule has 188 valence electrons. The Hall–Kier alpha value is -2.20. The van der Waals surface area contributed by atoms with Gasteiger partial charge in [0, 0.05) is 18.8 Å². The smallest absolute Gasteiger partial charge is 0.237 e. The van der Waals surface area contributed by atoms with Crippen LogP contribution in [0.25, 0.3) is 0 Å². The van der Waals surface area contributed by atoms with Crippen LogP contribution in [0.5, 0.6) is 0 Å². The van der Waals surface area contributed by atoms with Gasteiger partial charge in [-0.05, 0) is 55.9 Å². The van der Waals surface area contributed by atoms with Gasteiger partial charge in [-0.25, -0.2) is 13.8 Å². The fourth-order valence-electron chi connectivity index (χ4n) is 4.12. The topological polar surface area (TPSA) is 114 Å². The molecular weight excluding hydrogens is 511 g/mol. The molecule has 3 atom stereocenters. The summed E-state index contributed by atoms with van der Waals surface area (Å²) in [5, 5.41) is 2.30. The number of amides is 2. The summed E-state index contributed by atoms with van der Waals surface area (Å²) >= 11 is 5.67. The zero-order valence-electron chi connectivity index (χ0n) is 18.7. The fraction of sp³-hybridized carbons (Fsp3) is 0.409. The van der Waals surface area contributed by atoms with Gasteiger partial charge in [-0.1, -0.05) is 23.7 Å². The molecule has 1 aliphatic rings. The second-order valence-corrected chi connectivity index (χ2v) is 8.51. The molecule has 1 fully saturated rings. The lowest BCUT2D eigenvalue weighted by molar-refractivity contribution is -0.129. The van der Waals surface area contributed by atoms with Gasteiger partial charge in [0.2, 0.25) is 11.8 Å². The Balaban J connectivity index is 0.00000289. The maximum absolute atomic E-state index is 14.3. The Morgan fingerprint density at radius 2 is 1.88 bits per heavy atom. The Morgan fingerprint density at radius 1 is 1.24 bits per heavy atom. The number of rotatable bonds is 7. The Labute approximate surface area is 214 Å². The Bertz CT molecular complexity index is 1040. The van der Waals surface area contributed by atoms with Gasteiger partial charge in [-0.2, -0.15) is 0 Å². The van der Waals surface area contributed by atoms with Crippen LogP contribution in [-0.4, -0.2) is 40.3 Å². The van der Waals surface area contributed by atoms with E-state index >= 15 is 0 Å². The maximum Gasteiger partial charge on any atom is 0.237 e. The summed E-state index contributed by atoms with van der Waals surface area (Å²) in [7, 11) is 0. The van der Waals surface area contributed by atoms with Crippen molar-refractivity contribution in [1.82, 2.24) is 15.2 Å². The molecule has 0 radical (unpaired) electrons. The van der Waals surface area contributed by atoms with Crippen molar-refractivity contribution in [2.45, 2.75) is 45.3 Å². The predicted octanol–water partition coefficient (Wildman–Crippen LogP) is 3.17. The molecule has 2 aromatic rings. The number of nitrogens with zero attached hydrogens (tertiary/aromatic N) is 2. The van der Waals surface area contributed by atoms with Crippen LogP contribution in [0, 0.1) is 24.5 Å². The molecule has 2 unspecified atom stereocenters. The van der Waals surface area contributed by atoms with Crippen LogP contribution < -0.4 is 16.8 Å². The summed E-state index contributed by atoms with van der Waals surface area (Å²) in [5.41, 5.74) is 13.0. The number of carbonyl (C=O) groups excluding carboxylic acids is 2. The highest BCUT2D eigenvalue weighted by atomic mass is 35.5. The van der Waals surface area contributed by atoms with Crippen LogP contribution in [0.3, 0.4) is 0 Å². The third-order valence-corrected chi connectivity index (χ3v) is 6.27. The third-order valence-electron chi connectivity index (χ3n) is 5.92. The van der Waals surface area contributed by atoms with Crippen molar-refractivity contribution < 1.29 is 18.4 Å². The molecule has 1 aliphatic heterocycles. The van der Waals surface area contributed by atoms with Crippen molar-refractivity contribution in [3.8, 4) is 0 Å². The summed E-state index contributed by atoms with van der Waals surface area (Å²) in [4.78, 5) is 30.7. The first-order chi connectivity index (χ1) is 15.1. The molecule has 3 rings (SSSR count). The van der Waals surface area contributed by atoms with E-state index < -0.39 is 34.6 Å². The lowest BCUT2D eigenvalue weighted by Gasteiger charge is -2.28. The minimum absolute atomic E-state index is 0. The number of benzene rings is 1. The first-order valence-corrected chi connectivity index (χ1v) is 10.6. The minimum atomic E-state index is -0.826. The predicted molar refractivity (Wildman–Crippen MR) is 132 cm³/mol. The maximum atomic E-state index is 14.3. The number of nitrogens with one attached hydrogen (secondary N) is 1. The monoisotopic (exact) mass is 537 g/mol. The van der Waals surface area contributed by atoms with Crippen molar-refractivity contribution in [1.29, 1.82) is 0 Å². The van der Waals surface area contributed by atoms with Gasteiger partial charge in [-0.3, -0.25) is 14.5 Å². The normalized spacial score (nSPS) is 18.5. The van der Waals surface area contributed by atoms with Gasteiger partial charge in [0.25, 0.3) is 0 Å². The van der Waals surface area contributed by atoms with E-state index in [2.05, 4.69) is 10.3 Å². The summed E-state index contributed by atoms with van der Waals surface area (Å²) in [6.07, 6.45) is 0.610. The molecule has 7 nitrogen and oxygen atoms in total. The number of anilines is 1. The number of hydrogen-bond donors (Lipinski definition) is 3. The number of nitrogen functional groups attached to an aromatic ring is 1. The molecule has 0 aliphatic carbocycles. The highest BCUT2D eigenvalue weighted by molar-refractivity contribution is 6.30. The van der Waals surface area contributed by atoms with Gasteiger partial charge in [0.15, 0.2) is 0 Å². The van der Waals surface area contributed by atoms with E-state index in [-0.39, 0.29) is 55.2 Å². The minimum Gasteiger partial charge on any atom is -0.384 e. The number of nitrogens with two attached hydrogens (primary N) is 2. The molecular formula is C22H28Cl3F2N5O2. The highest BCUT2D eigenvalue weighted by Crippen LogP contribution is 2.31. The first-order valence-electron chi connectivity index (χ1n) is 10.3. The molecule has 12 heteroatoms. The molecule has 0 saturated carbocycles. The van der Waals surface area contributed by atoms with Gasteiger partial charge in [-0.15, -0.1) is 24.8 Å². The number of likely N-dealkylation sites (tertiary alicyclic amines) is 1. The fourth-order valence-corrected chi connectivity index (χ4v) is 4.30. The van der Waals surface area contributed by atoms with E-state index in [1.807, 2.05) is 0 Å². The number of carbonyl (C=O) groups is 2. The largest absolute Gasteiger partial charge is 0.384 e. The van der Waals surface area contributed by atoms with Crippen LogP contribution in [0.2, 0.25) is 5.02 Å². The van der Waals surface area contributed by atoms with E-state index in [4.69, 9.17) is 23.1 Å². The number of hydrogen-bond acceptors (Lipinski definition) is 5. The second kappa shape index (κ2) is 12.5. The number of pyridine rings is 1. The zero-order chi connectivity index (χ0) is 23.6. The summed E-state index contributed by atoms with van der Waals surface area (Å²) in [5.74, 6) is -2.21. The van der Waals surface area contributed by atoms with Gasteiger partial charge < -0.3 is 16.8 Å². The average molecular weight is 539 g/mol. The number of primary amides is 1. The van der Waals surface area contributed by atoms with Crippen molar-refractivity contribution in [3.05, 3.63) is 57.7 Å². The molecule has 1 aromatic carbocycles. The molecule has 34 heavy (non-hydrogen) atoms. The quantitative estimate of drug-likeness (QED) is 0.469. The van der Waals surface area contributed by atoms with E-state index in [1.165, 1.54) is 6.07 Å². The van der Waals surface area contributed by atoms with E-state index in [0.29, 0.717) is 24.5 Å². The molecule has 2 heterocycles. The molecule has 0 bridgehead atoms. The molecule has 0 spiro atoms. The number of halogens is 5. The summed E-state index contributed by atoms with van der Waals surface area (Å²) < 4.78 is 27.8. The van der Waals surface area contributed by atoms with E-state index in [1.54, 1.807) is 30.9 Å². The van der Waals surface area contributed by atoms with Gasteiger partial charge >= 0.3 is 0 Å². The first kappa shape index (κ1) is 29.8. The second-order valence-electron chi connectivity index (χ2n) is 8.13. The van der Waals surface area contributed by atoms with Crippen molar-refractivity contribution in [3.63, 3.8) is 0 Å². The molecule has 5 N–H and O–H groups in total. The Morgan fingerprint density at radius 3 is 2.50 bits per heavy atom. The van der Waals surface area contributed by atoms with Crippen molar-refractivity contribution >= 4 is 54.0 Å². The number of aryl methyl sites for hydroxylation is 1. The van der Waals surface area contributed by atoms with Crippen molar-refractivity contribution in [2.24, 2.45) is 11.7 Å². The molecule has 1 saturated heterocycles. The average Bonchev–Trinajstić information content (AvgIpc) is 3.17. The van der Waals surface area contributed by atoms with Crippen LogP contribution >= 0.6 is 36.4 Å². The van der Waals surface area contributed by atoms with E-state index in [9.17, 15) is 18.4 Å². The van der Waals surface area contributed by atoms with Crippen LogP contribution in [0.15, 0.2) is 24.3 Å². The highest BCUT2D eigenvalue weighted by Gasteiger charge is 2.40. The number of aromatic nitrogens is 1. The van der Waals surface area contributed by atoms with Crippen LogP contribution in [0.1, 0.15) is 30.2 Å². The van der Waals surface area contributed by atoms with Gasteiger partial charge in [0.05, 0.1) is 12.1 Å². The van der Waals surface area contributed by atoms with Crippen LogP contribution in [0.4, 0.5) is 14.6 Å². The van der Waals surface area contributed by atoms with Crippen LogP contribution in [-0.2, 0) is 22.6 Å². The summed E-state index contributed by atoms with van der Waals surface area (Å²) in [6.45, 7) is 4.12. The lowest BCUT2D eigenvalue weighted by atomic mass is 9.96. The third kappa shape index (κ3) is 6.69. The van der Waals surface area contributed by atoms with Crippen molar-refractivity contribution in [2.75, 3.05) is 12.3 Å².